The van der Waals surface area contributed by atoms with E-state index in [-0.39, 0.29) is 24.5 Å². The smallest absolute Gasteiger partial charge is 0.322 e. The van der Waals surface area contributed by atoms with Gasteiger partial charge in [0.1, 0.15) is 12.6 Å². The fourth-order valence-corrected chi connectivity index (χ4v) is 4.61. The van der Waals surface area contributed by atoms with Crippen molar-refractivity contribution in [2.45, 2.75) is 148 Å². The molecule has 0 aromatic carbocycles. The van der Waals surface area contributed by atoms with Gasteiger partial charge in [-0.2, -0.15) is 0 Å². The van der Waals surface area contributed by atoms with E-state index in [1.165, 1.54) is 25.7 Å². The molecule has 1 atom stereocenters. The van der Waals surface area contributed by atoms with Gasteiger partial charge in [0.15, 0.2) is 0 Å². The first-order valence-electron chi connectivity index (χ1n) is 18.2. The Morgan fingerprint density at radius 3 is 1.72 bits per heavy atom. The normalized spacial score (nSPS) is 13.1. The van der Waals surface area contributed by atoms with Crippen LogP contribution in [-0.2, 0) is 19.1 Å². The van der Waals surface area contributed by atoms with Crippen LogP contribution in [0, 0.1) is 0 Å². The molecule has 0 radical (unpaired) electrons. The van der Waals surface area contributed by atoms with Crippen LogP contribution in [0.1, 0.15) is 142 Å². The number of carbonyl (C=O) groups excluding carboxylic acids is 2. The van der Waals surface area contributed by atoms with Gasteiger partial charge in [-0.1, -0.05) is 125 Å². The molecule has 0 fully saturated rings. The molecule has 0 aliphatic rings. The highest BCUT2D eigenvalue weighted by Crippen LogP contribution is 2.13. The molecule has 1 unspecified atom stereocenters. The number of unbranched alkanes of at least 4 members (excludes halogenated alkanes) is 8. The number of amides is 1. The molecule has 264 valence electrons. The van der Waals surface area contributed by atoms with Gasteiger partial charge in [-0.15, -0.1) is 0 Å². The van der Waals surface area contributed by atoms with E-state index >= 15 is 0 Å². The average molecular weight is 652 g/mol. The number of hydrogen-bond donors (Lipinski definition) is 2. The van der Waals surface area contributed by atoms with Crippen LogP contribution in [0.15, 0.2) is 85.1 Å². The molecule has 0 heterocycles. The molecule has 2 N–H and O–H groups in total. The van der Waals surface area contributed by atoms with Crippen molar-refractivity contribution < 1.29 is 24.2 Å². The molecule has 0 aromatic heterocycles. The topological polar surface area (TPSA) is 92.7 Å². The quantitative estimate of drug-likeness (QED) is 0.0442. The number of hydrogen-bond acceptors (Lipinski definition) is 4. The van der Waals surface area contributed by atoms with Crippen LogP contribution in [-0.4, -0.2) is 35.6 Å². The Morgan fingerprint density at radius 2 is 1.13 bits per heavy atom. The first-order valence-corrected chi connectivity index (χ1v) is 18.2. The van der Waals surface area contributed by atoms with E-state index in [9.17, 15) is 14.4 Å². The summed E-state index contributed by atoms with van der Waals surface area (Å²) in [6.45, 7) is 4.03. The van der Waals surface area contributed by atoms with E-state index in [4.69, 9.17) is 9.84 Å². The van der Waals surface area contributed by atoms with Crippen molar-refractivity contribution >= 4 is 17.8 Å². The molecule has 0 aliphatic carbocycles. The van der Waals surface area contributed by atoms with Gasteiger partial charge in [-0.05, 0) is 89.5 Å². The van der Waals surface area contributed by atoms with E-state index in [2.05, 4.69) is 98.2 Å². The monoisotopic (exact) mass is 651 g/mol. The summed E-state index contributed by atoms with van der Waals surface area (Å²) in [6.07, 6.45) is 48.5. The number of carbonyl (C=O) groups is 3. The van der Waals surface area contributed by atoms with E-state index in [0.29, 0.717) is 19.3 Å². The Morgan fingerprint density at radius 1 is 0.596 bits per heavy atom. The molecule has 0 rings (SSSR count). The Hall–Kier alpha value is -3.41. The van der Waals surface area contributed by atoms with Crippen LogP contribution in [0.25, 0.3) is 0 Å². The molecule has 0 aromatic rings. The third kappa shape index (κ3) is 35.3. The minimum Gasteiger partial charge on any atom is -0.480 e. The molecule has 0 bridgehead atoms. The molecule has 0 saturated heterocycles. The van der Waals surface area contributed by atoms with Gasteiger partial charge in [-0.25, -0.2) is 0 Å². The van der Waals surface area contributed by atoms with Gasteiger partial charge < -0.3 is 15.2 Å². The minimum atomic E-state index is -1.04. The van der Waals surface area contributed by atoms with Crippen molar-refractivity contribution in [1.29, 1.82) is 0 Å². The second-order valence-electron chi connectivity index (χ2n) is 11.7. The lowest BCUT2D eigenvalue weighted by molar-refractivity contribution is -0.147. The van der Waals surface area contributed by atoms with Crippen LogP contribution in [0.3, 0.4) is 0 Å². The third-order valence-corrected chi connectivity index (χ3v) is 7.29. The summed E-state index contributed by atoms with van der Waals surface area (Å²) in [4.78, 5) is 34.8. The molecular weight excluding hydrogens is 586 g/mol. The molecule has 6 nitrogen and oxygen atoms in total. The fourth-order valence-electron chi connectivity index (χ4n) is 4.61. The number of nitrogens with one attached hydrogen (secondary N) is 1. The SMILES string of the molecule is CC/C=C\C/C=C\C/C=C\C/C=C\C/C=C\CCCC(=O)OC(/C=C\C/C=C\CCCCCC)CCCCCCC(=O)NCC(=O)O. The number of rotatable bonds is 31. The summed E-state index contributed by atoms with van der Waals surface area (Å²) < 4.78 is 5.83. The van der Waals surface area contributed by atoms with Crippen LogP contribution < -0.4 is 5.32 Å². The summed E-state index contributed by atoms with van der Waals surface area (Å²) in [7, 11) is 0. The highest BCUT2D eigenvalue weighted by molar-refractivity contribution is 5.80. The second-order valence-corrected chi connectivity index (χ2v) is 11.7. The number of allylic oxidation sites excluding steroid dienone is 13. The number of aliphatic carboxylic acids is 1. The molecule has 0 saturated carbocycles. The Bertz CT molecular complexity index is 986. The maximum atomic E-state index is 12.6. The van der Waals surface area contributed by atoms with E-state index in [0.717, 1.165) is 83.5 Å². The van der Waals surface area contributed by atoms with Gasteiger partial charge >= 0.3 is 11.9 Å². The fraction of sp³-hybridized carbons (Fsp3) is 0.585. The second kappa shape index (κ2) is 35.4. The number of carboxylic acids is 1. The zero-order valence-corrected chi connectivity index (χ0v) is 29.6. The van der Waals surface area contributed by atoms with E-state index < -0.39 is 5.97 Å². The lowest BCUT2D eigenvalue weighted by atomic mass is 10.1. The van der Waals surface area contributed by atoms with Crippen molar-refractivity contribution in [3.8, 4) is 0 Å². The van der Waals surface area contributed by atoms with Crippen molar-refractivity contribution in [1.82, 2.24) is 5.32 Å². The molecule has 47 heavy (non-hydrogen) atoms. The predicted octanol–water partition coefficient (Wildman–Crippen LogP) is 10.8. The highest BCUT2D eigenvalue weighted by Gasteiger charge is 2.11. The maximum absolute atomic E-state index is 12.6. The molecule has 0 spiro atoms. The first-order chi connectivity index (χ1) is 23.0. The number of ether oxygens (including phenoxy) is 1. The lowest BCUT2D eigenvalue weighted by Crippen LogP contribution is -2.28. The summed E-state index contributed by atoms with van der Waals surface area (Å²) in [5, 5.41) is 11.0. The Labute approximate surface area is 286 Å². The zero-order chi connectivity index (χ0) is 34.5. The van der Waals surface area contributed by atoms with Gasteiger partial charge in [-0.3, -0.25) is 14.4 Å². The van der Waals surface area contributed by atoms with E-state index in [1.807, 2.05) is 6.08 Å². The van der Waals surface area contributed by atoms with Gasteiger partial charge in [0.2, 0.25) is 5.91 Å². The Balaban J connectivity index is 4.37. The van der Waals surface area contributed by atoms with Crippen LogP contribution >= 0.6 is 0 Å². The average Bonchev–Trinajstić information content (AvgIpc) is 3.05. The van der Waals surface area contributed by atoms with Crippen LogP contribution in [0.4, 0.5) is 0 Å². The van der Waals surface area contributed by atoms with Gasteiger partial charge in [0, 0.05) is 12.8 Å². The van der Waals surface area contributed by atoms with Crippen molar-refractivity contribution in [2.24, 2.45) is 0 Å². The highest BCUT2D eigenvalue weighted by atomic mass is 16.5. The minimum absolute atomic E-state index is 0.159. The van der Waals surface area contributed by atoms with E-state index in [1.54, 1.807) is 0 Å². The summed E-state index contributed by atoms with van der Waals surface area (Å²) in [6, 6.07) is 0. The molecule has 6 heteroatoms. The number of carboxylic acid groups (broad SMARTS) is 1. The molecule has 1 amide bonds. The third-order valence-electron chi connectivity index (χ3n) is 7.29. The van der Waals surface area contributed by atoms with Crippen LogP contribution in [0.5, 0.6) is 0 Å². The lowest BCUT2D eigenvalue weighted by Gasteiger charge is -2.14. The maximum Gasteiger partial charge on any atom is 0.322 e. The van der Waals surface area contributed by atoms with Crippen molar-refractivity contribution in [3.63, 3.8) is 0 Å². The van der Waals surface area contributed by atoms with Crippen molar-refractivity contribution in [3.05, 3.63) is 85.1 Å². The largest absolute Gasteiger partial charge is 0.480 e. The first kappa shape index (κ1) is 43.6. The molecular formula is C41H65NO5. The zero-order valence-electron chi connectivity index (χ0n) is 29.6. The summed E-state index contributed by atoms with van der Waals surface area (Å²) in [5.41, 5.74) is 0. The predicted molar refractivity (Wildman–Crippen MR) is 198 cm³/mol. The molecule has 0 aliphatic heterocycles. The number of esters is 1. The van der Waals surface area contributed by atoms with Gasteiger partial charge in [0.05, 0.1) is 0 Å². The van der Waals surface area contributed by atoms with Crippen molar-refractivity contribution in [2.75, 3.05) is 6.54 Å². The standard InChI is InChI=1S/C41H65NO5/c1-3-5-7-9-11-13-14-15-16-17-18-19-20-22-24-26-32-36-41(46)47-38(33-29-25-23-21-12-10-8-6-4-2)34-30-27-28-31-35-39(43)42-37-40(44)45/h5,7,11,13,15-16,18-19,21-24,29,33,38H,3-4,6,8-10,12,14,17,20,25-28,30-32,34-37H2,1-2H3,(H,42,43)(H,44,45)/b7-5-,13-11-,16-15-,19-18-,23-21-,24-22-,33-29-. The van der Waals surface area contributed by atoms with Crippen LogP contribution in [0.2, 0.25) is 0 Å². The summed E-state index contributed by atoms with van der Waals surface area (Å²) in [5.74, 6) is -1.43. The van der Waals surface area contributed by atoms with Gasteiger partial charge in [0.25, 0.3) is 0 Å². The Kier molecular flexibility index (Phi) is 32.9. The summed E-state index contributed by atoms with van der Waals surface area (Å²) >= 11 is 0.